The van der Waals surface area contributed by atoms with E-state index in [0.29, 0.717) is 0 Å². The molecule has 1 N–H and O–H groups in total. The van der Waals surface area contributed by atoms with Gasteiger partial charge in [0.05, 0.1) is 21.4 Å². The van der Waals surface area contributed by atoms with Gasteiger partial charge in [-0.05, 0) is 18.6 Å². The maximum atomic E-state index is 11.9. The van der Waals surface area contributed by atoms with Crippen LogP contribution in [0.4, 0.5) is 11.4 Å². The Morgan fingerprint density at radius 2 is 2.09 bits per heavy atom. The summed E-state index contributed by atoms with van der Waals surface area (Å²) in [6.45, 7) is 2.02. The van der Waals surface area contributed by atoms with Crippen LogP contribution in [0, 0.1) is 17.0 Å². The highest BCUT2D eigenvalue weighted by Crippen LogP contribution is 2.27. The lowest BCUT2D eigenvalue weighted by Gasteiger charge is -2.07. The van der Waals surface area contributed by atoms with Crippen LogP contribution in [0.5, 0.6) is 0 Å². The second kappa shape index (κ2) is 7.99. The zero-order chi connectivity index (χ0) is 16.8. The third kappa shape index (κ3) is 5.26. The van der Waals surface area contributed by atoms with Crippen LogP contribution in [0.15, 0.2) is 42.5 Å². The molecule has 0 atom stereocenters. The minimum atomic E-state index is -0.529. The van der Waals surface area contributed by atoms with Gasteiger partial charge < -0.3 is 5.32 Å². The summed E-state index contributed by atoms with van der Waals surface area (Å²) < 4.78 is 0. The van der Waals surface area contributed by atoms with Crippen molar-refractivity contribution in [3.63, 3.8) is 0 Å². The van der Waals surface area contributed by atoms with Gasteiger partial charge in [0.2, 0.25) is 5.91 Å². The summed E-state index contributed by atoms with van der Waals surface area (Å²) >= 11 is 7.42. The van der Waals surface area contributed by atoms with Crippen LogP contribution >= 0.6 is 23.4 Å². The number of nitro groups is 1. The van der Waals surface area contributed by atoms with Crippen molar-refractivity contribution in [2.75, 3.05) is 11.1 Å². The molecule has 0 saturated carbocycles. The highest BCUT2D eigenvalue weighted by atomic mass is 35.5. The molecule has 0 heterocycles. The van der Waals surface area contributed by atoms with Gasteiger partial charge in [-0.1, -0.05) is 41.4 Å². The van der Waals surface area contributed by atoms with Gasteiger partial charge in [-0.2, -0.15) is 0 Å². The Kier molecular flexibility index (Phi) is 6.01. The molecule has 2 aromatic rings. The SMILES string of the molecule is Cc1cccc(CSCC(=O)Nc2cc([N+](=O)[O-])ccc2Cl)c1. The zero-order valence-corrected chi connectivity index (χ0v) is 14.0. The van der Waals surface area contributed by atoms with E-state index in [1.54, 1.807) is 0 Å². The first-order valence-corrected chi connectivity index (χ1v) is 8.36. The van der Waals surface area contributed by atoms with E-state index in [1.165, 1.54) is 35.5 Å². The van der Waals surface area contributed by atoms with Crippen LogP contribution < -0.4 is 5.32 Å². The van der Waals surface area contributed by atoms with Crippen molar-refractivity contribution in [1.82, 2.24) is 0 Å². The molecule has 0 bridgehead atoms. The molecule has 2 rings (SSSR count). The van der Waals surface area contributed by atoms with Crippen molar-refractivity contribution in [3.05, 3.63) is 68.7 Å². The number of hydrogen-bond donors (Lipinski definition) is 1. The number of aryl methyl sites for hydroxylation is 1. The van der Waals surface area contributed by atoms with E-state index in [1.807, 2.05) is 25.1 Å². The van der Waals surface area contributed by atoms with Gasteiger partial charge in [0.25, 0.3) is 5.69 Å². The molecule has 0 aliphatic carbocycles. The van der Waals surface area contributed by atoms with Crippen molar-refractivity contribution in [1.29, 1.82) is 0 Å². The number of carbonyl (C=O) groups is 1. The fourth-order valence-corrected chi connectivity index (χ4v) is 2.91. The molecule has 120 valence electrons. The summed E-state index contributed by atoms with van der Waals surface area (Å²) in [6, 6.07) is 12.0. The molecule has 0 aromatic heterocycles. The number of rotatable bonds is 6. The van der Waals surface area contributed by atoms with Gasteiger partial charge in [0, 0.05) is 17.9 Å². The van der Waals surface area contributed by atoms with Crippen LogP contribution in [0.3, 0.4) is 0 Å². The number of nitro benzene ring substituents is 1. The second-order valence-electron chi connectivity index (χ2n) is 4.95. The Balaban J connectivity index is 1.90. The van der Waals surface area contributed by atoms with Crippen molar-refractivity contribution < 1.29 is 9.72 Å². The number of hydrogen-bond acceptors (Lipinski definition) is 4. The number of non-ortho nitro benzene ring substituents is 1. The number of halogens is 1. The average Bonchev–Trinajstić information content (AvgIpc) is 2.49. The molecule has 23 heavy (non-hydrogen) atoms. The minimum absolute atomic E-state index is 0.114. The van der Waals surface area contributed by atoms with Crippen LogP contribution in [0.1, 0.15) is 11.1 Å². The summed E-state index contributed by atoms with van der Waals surface area (Å²) in [4.78, 5) is 22.2. The molecule has 2 aromatic carbocycles. The summed E-state index contributed by atoms with van der Waals surface area (Å²) in [7, 11) is 0. The number of carbonyl (C=O) groups excluding carboxylic acids is 1. The van der Waals surface area contributed by atoms with Crippen LogP contribution in [-0.4, -0.2) is 16.6 Å². The Labute approximate surface area is 143 Å². The van der Waals surface area contributed by atoms with Crippen LogP contribution in [0.25, 0.3) is 0 Å². The maximum Gasteiger partial charge on any atom is 0.271 e. The van der Waals surface area contributed by atoms with Crippen molar-refractivity contribution in [2.45, 2.75) is 12.7 Å². The highest BCUT2D eigenvalue weighted by molar-refractivity contribution is 7.99. The summed E-state index contributed by atoms with van der Waals surface area (Å²) in [6.07, 6.45) is 0. The Hall–Kier alpha value is -2.05. The Morgan fingerprint density at radius 1 is 1.30 bits per heavy atom. The number of thioether (sulfide) groups is 1. The van der Waals surface area contributed by atoms with Gasteiger partial charge in [-0.15, -0.1) is 11.8 Å². The highest BCUT2D eigenvalue weighted by Gasteiger charge is 2.12. The Bertz CT molecular complexity index is 737. The van der Waals surface area contributed by atoms with E-state index in [-0.39, 0.29) is 28.1 Å². The smallest absolute Gasteiger partial charge is 0.271 e. The first kappa shape index (κ1) is 17.3. The topological polar surface area (TPSA) is 72.2 Å². The number of benzene rings is 2. The largest absolute Gasteiger partial charge is 0.324 e. The number of amides is 1. The van der Waals surface area contributed by atoms with Gasteiger partial charge in [-0.3, -0.25) is 14.9 Å². The quantitative estimate of drug-likeness (QED) is 0.618. The van der Waals surface area contributed by atoms with Gasteiger partial charge >= 0.3 is 0 Å². The predicted octanol–water partition coefficient (Wildman–Crippen LogP) is 4.43. The molecular formula is C16H15ClN2O3S. The van der Waals surface area contributed by atoms with Crippen LogP contribution in [0.2, 0.25) is 5.02 Å². The normalized spacial score (nSPS) is 10.3. The van der Waals surface area contributed by atoms with Crippen molar-refractivity contribution >= 4 is 40.6 Å². The number of nitrogens with one attached hydrogen (secondary N) is 1. The van der Waals surface area contributed by atoms with E-state index >= 15 is 0 Å². The maximum absolute atomic E-state index is 11.9. The fraction of sp³-hybridized carbons (Fsp3) is 0.188. The number of anilines is 1. The molecular weight excluding hydrogens is 336 g/mol. The number of nitrogens with zero attached hydrogens (tertiary/aromatic N) is 1. The zero-order valence-electron chi connectivity index (χ0n) is 12.4. The molecule has 0 unspecified atom stereocenters. The van der Waals surface area contributed by atoms with E-state index in [4.69, 9.17) is 11.6 Å². The molecule has 0 aliphatic heterocycles. The van der Waals surface area contributed by atoms with Gasteiger partial charge in [-0.25, -0.2) is 0 Å². The van der Waals surface area contributed by atoms with Crippen molar-refractivity contribution in [2.24, 2.45) is 0 Å². The predicted molar refractivity (Wildman–Crippen MR) is 94.1 cm³/mol. The Morgan fingerprint density at radius 3 is 2.78 bits per heavy atom. The second-order valence-corrected chi connectivity index (χ2v) is 6.34. The van der Waals surface area contributed by atoms with E-state index in [9.17, 15) is 14.9 Å². The van der Waals surface area contributed by atoms with Crippen LogP contribution in [-0.2, 0) is 10.5 Å². The lowest BCUT2D eigenvalue weighted by atomic mass is 10.2. The van der Waals surface area contributed by atoms with E-state index < -0.39 is 4.92 Å². The average molecular weight is 351 g/mol. The third-order valence-electron chi connectivity index (χ3n) is 3.02. The molecule has 0 aliphatic rings. The summed E-state index contributed by atoms with van der Waals surface area (Å²) in [5.41, 5.74) is 2.46. The lowest BCUT2D eigenvalue weighted by Crippen LogP contribution is -2.14. The van der Waals surface area contributed by atoms with Gasteiger partial charge in [0.15, 0.2) is 0 Å². The molecule has 5 nitrogen and oxygen atoms in total. The first-order valence-electron chi connectivity index (χ1n) is 6.83. The molecule has 7 heteroatoms. The molecule has 0 fully saturated rings. The van der Waals surface area contributed by atoms with Crippen molar-refractivity contribution in [3.8, 4) is 0 Å². The lowest BCUT2D eigenvalue weighted by molar-refractivity contribution is -0.384. The molecule has 1 amide bonds. The minimum Gasteiger partial charge on any atom is -0.324 e. The third-order valence-corrected chi connectivity index (χ3v) is 4.35. The van der Waals surface area contributed by atoms with E-state index in [2.05, 4.69) is 11.4 Å². The van der Waals surface area contributed by atoms with E-state index in [0.717, 1.165) is 11.3 Å². The molecule has 0 spiro atoms. The molecule has 0 radical (unpaired) electrons. The fourth-order valence-electron chi connectivity index (χ4n) is 1.97. The first-order chi connectivity index (χ1) is 11.0. The summed E-state index contributed by atoms with van der Waals surface area (Å²) in [5.74, 6) is 0.718. The summed E-state index contributed by atoms with van der Waals surface area (Å²) in [5, 5.41) is 13.6. The monoisotopic (exact) mass is 350 g/mol. The van der Waals surface area contributed by atoms with Gasteiger partial charge in [0.1, 0.15) is 0 Å². The standard InChI is InChI=1S/C16H15ClN2O3S/c1-11-3-2-4-12(7-11)9-23-10-16(20)18-15-8-13(19(21)22)5-6-14(15)17/h2-8H,9-10H2,1H3,(H,18,20). The molecule has 0 saturated heterocycles.